The molecule has 0 aliphatic carbocycles. The Bertz CT molecular complexity index is 1410. The highest BCUT2D eigenvalue weighted by Gasteiger charge is 2.27. The first-order chi connectivity index (χ1) is 15.7. The van der Waals surface area contributed by atoms with Crippen LogP contribution in [0.25, 0.3) is 28.0 Å². The summed E-state index contributed by atoms with van der Waals surface area (Å²) in [6.07, 6.45) is 1.64. The quantitative estimate of drug-likeness (QED) is 0.381. The molecule has 0 saturated carbocycles. The van der Waals surface area contributed by atoms with E-state index in [9.17, 15) is 10.2 Å². The number of anilines is 1. The second kappa shape index (κ2) is 8.16. The van der Waals surface area contributed by atoms with E-state index in [1.807, 2.05) is 36.4 Å². The highest BCUT2D eigenvalue weighted by Crippen LogP contribution is 2.31. The van der Waals surface area contributed by atoms with E-state index >= 15 is 0 Å². The van der Waals surface area contributed by atoms with Crippen molar-refractivity contribution in [2.75, 3.05) is 12.4 Å². The SMILES string of the molecule is COc1ccccc1-[n+]1noc([O-])c1-c1csc(NCc2ccc3cccnc3c2O)n1. The van der Waals surface area contributed by atoms with Crippen molar-refractivity contribution in [3.8, 4) is 34.5 Å². The van der Waals surface area contributed by atoms with Gasteiger partial charge < -0.3 is 24.8 Å². The second-order valence-electron chi connectivity index (χ2n) is 6.83. The van der Waals surface area contributed by atoms with Crippen molar-refractivity contribution in [1.82, 2.24) is 15.2 Å². The standard InChI is InChI=1S/C22H17N5O4S/c1-30-17-7-3-2-6-16(17)27-19(21(29)31-26-27)15-12-32-22(25-15)24-11-14-9-8-13-5-4-10-23-18(13)20(14)28/h2-10,12H,11H2,1H3,(H2-,24,25,26,28,29). The summed E-state index contributed by atoms with van der Waals surface area (Å²) in [5.41, 5.74) is 2.40. The summed E-state index contributed by atoms with van der Waals surface area (Å²) in [5, 5.41) is 33.1. The van der Waals surface area contributed by atoms with Crippen molar-refractivity contribution < 1.29 is 24.2 Å². The summed E-state index contributed by atoms with van der Waals surface area (Å²) in [7, 11) is 1.54. The third kappa shape index (κ3) is 3.46. The average molecular weight is 447 g/mol. The molecule has 5 rings (SSSR count). The number of phenolic OH excluding ortho intramolecular Hbond substituents is 1. The van der Waals surface area contributed by atoms with Crippen LogP contribution in [-0.2, 0) is 6.54 Å². The number of para-hydroxylation sites is 2. The number of fused-ring (bicyclic) bond motifs is 1. The van der Waals surface area contributed by atoms with Gasteiger partial charge in [-0.3, -0.25) is 4.98 Å². The molecule has 0 bridgehead atoms. The fourth-order valence-corrected chi connectivity index (χ4v) is 4.07. The van der Waals surface area contributed by atoms with Gasteiger partial charge in [-0.15, -0.1) is 11.3 Å². The van der Waals surface area contributed by atoms with Crippen molar-refractivity contribution in [2.45, 2.75) is 6.54 Å². The Hall–Kier alpha value is -4.18. The van der Waals surface area contributed by atoms with Gasteiger partial charge >= 0.3 is 0 Å². The molecule has 0 fully saturated rings. The molecule has 0 radical (unpaired) electrons. The lowest BCUT2D eigenvalue weighted by Gasteiger charge is -2.07. The van der Waals surface area contributed by atoms with Crippen LogP contribution in [0.2, 0.25) is 0 Å². The van der Waals surface area contributed by atoms with Gasteiger partial charge in [0.1, 0.15) is 11.3 Å². The monoisotopic (exact) mass is 447 g/mol. The zero-order valence-corrected chi connectivity index (χ0v) is 17.7. The molecule has 32 heavy (non-hydrogen) atoms. The van der Waals surface area contributed by atoms with E-state index in [0.717, 1.165) is 5.39 Å². The zero-order valence-electron chi connectivity index (χ0n) is 16.8. The molecule has 5 aromatic rings. The maximum Gasteiger partial charge on any atom is 0.290 e. The molecule has 3 heterocycles. The Kier molecular flexibility index (Phi) is 5.04. The third-order valence-corrected chi connectivity index (χ3v) is 5.73. The van der Waals surface area contributed by atoms with E-state index < -0.39 is 5.95 Å². The summed E-state index contributed by atoms with van der Waals surface area (Å²) >= 11 is 1.33. The van der Waals surface area contributed by atoms with Crippen molar-refractivity contribution in [3.63, 3.8) is 0 Å². The first kappa shape index (κ1) is 19.8. The molecule has 0 atom stereocenters. The molecule has 0 aliphatic rings. The number of hydrogen-bond donors (Lipinski definition) is 2. The number of aromatic nitrogens is 4. The molecule has 0 spiro atoms. The number of hydrogen-bond acceptors (Lipinski definition) is 9. The number of phenols is 1. The molecular formula is C22H17N5O4S. The molecule has 160 valence electrons. The molecule has 0 saturated heterocycles. The van der Waals surface area contributed by atoms with Crippen LogP contribution in [0.5, 0.6) is 17.4 Å². The van der Waals surface area contributed by atoms with Crippen molar-refractivity contribution >= 4 is 27.4 Å². The van der Waals surface area contributed by atoms with E-state index in [-0.39, 0.29) is 11.4 Å². The first-order valence-corrected chi connectivity index (χ1v) is 10.5. The molecule has 3 aromatic heterocycles. The number of nitrogens with zero attached hydrogens (tertiary/aromatic N) is 4. The van der Waals surface area contributed by atoms with E-state index in [1.54, 1.807) is 30.8 Å². The smallest absolute Gasteiger partial charge is 0.290 e. The van der Waals surface area contributed by atoms with Crippen LogP contribution in [0, 0.1) is 0 Å². The zero-order chi connectivity index (χ0) is 22.1. The van der Waals surface area contributed by atoms with Gasteiger partial charge in [0.15, 0.2) is 22.5 Å². The lowest BCUT2D eigenvalue weighted by atomic mass is 10.1. The Labute approximate surface area is 186 Å². The Morgan fingerprint density at radius 2 is 2.06 bits per heavy atom. The summed E-state index contributed by atoms with van der Waals surface area (Å²) in [6, 6.07) is 14.6. The normalized spacial score (nSPS) is 11.0. The van der Waals surface area contributed by atoms with Crippen molar-refractivity contribution in [1.29, 1.82) is 0 Å². The highest BCUT2D eigenvalue weighted by molar-refractivity contribution is 7.14. The van der Waals surface area contributed by atoms with Crippen molar-refractivity contribution in [3.05, 3.63) is 65.7 Å². The first-order valence-electron chi connectivity index (χ1n) is 9.63. The molecule has 9 nitrogen and oxygen atoms in total. The number of methoxy groups -OCH3 is 1. The highest BCUT2D eigenvalue weighted by atomic mass is 32.1. The van der Waals surface area contributed by atoms with Gasteiger partial charge in [-0.1, -0.05) is 30.3 Å². The maximum absolute atomic E-state index is 12.4. The van der Waals surface area contributed by atoms with Gasteiger partial charge in [-0.25, -0.2) is 4.98 Å². The van der Waals surface area contributed by atoms with Crippen LogP contribution in [0.1, 0.15) is 5.56 Å². The number of thiazole rings is 1. The van der Waals surface area contributed by atoms with E-state index in [4.69, 9.17) is 9.26 Å². The Balaban J connectivity index is 1.42. The average Bonchev–Trinajstić information content (AvgIpc) is 3.45. The molecule has 2 aromatic carbocycles. The van der Waals surface area contributed by atoms with E-state index in [1.165, 1.54) is 16.0 Å². The minimum Gasteiger partial charge on any atom is -0.539 e. The van der Waals surface area contributed by atoms with Crippen molar-refractivity contribution in [2.24, 2.45) is 0 Å². The summed E-state index contributed by atoms with van der Waals surface area (Å²) in [5.74, 6) is 0.0642. The van der Waals surface area contributed by atoms with Gasteiger partial charge in [0.25, 0.3) is 11.4 Å². The number of benzene rings is 2. The minimum atomic E-state index is -0.606. The van der Waals surface area contributed by atoms with E-state index in [2.05, 4.69) is 20.6 Å². The van der Waals surface area contributed by atoms with Gasteiger partial charge in [0.05, 0.1) is 12.4 Å². The number of pyridine rings is 1. The summed E-state index contributed by atoms with van der Waals surface area (Å²) in [6.45, 7) is 0.339. The van der Waals surface area contributed by atoms with Crippen LogP contribution < -0.4 is 19.8 Å². The fourth-order valence-electron chi connectivity index (χ4n) is 3.38. The lowest BCUT2D eigenvalue weighted by Crippen LogP contribution is -2.35. The molecule has 0 amide bonds. The molecule has 2 N–H and O–H groups in total. The predicted molar refractivity (Wildman–Crippen MR) is 116 cm³/mol. The van der Waals surface area contributed by atoms with E-state index in [0.29, 0.717) is 39.9 Å². The summed E-state index contributed by atoms with van der Waals surface area (Å²) < 4.78 is 11.7. The van der Waals surface area contributed by atoms with Gasteiger partial charge in [-0.05, 0) is 16.8 Å². The lowest BCUT2D eigenvalue weighted by molar-refractivity contribution is -0.660. The van der Waals surface area contributed by atoms with Gasteiger partial charge in [0, 0.05) is 35.1 Å². The largest absolute Gasteiger partial charge is 0.539 e. The van der Waals surface area contributed by atoms with Crippen LogP contribution >= 0.6 is 11.3 Å². The molecular weight excluding hydrogens is 430 g/mol. The van der Waals surface area contributed by atoms with Crippen LogP contribution in [0.15, 0.2) is 64.6 Å². The predicted octanol–water partition coefficient (Wildman–Crippen LogP) is 3.02. The summed E-state index contributed by atoms with van der Waals surface area (Å²) in [4.78, 5) is 8.75. The Morgan fingerprint density at radius 1 is 1.19 bits per heavy atom. The molecule has 10 heteroatoms. The second-order valence-corrected chi connectivity index (χ2v) is 7.69. The molecule has 0 aliphatic heterocycles. The number of ether oxygens (including phenoxy) is 1. The number of aromatic hydroxyl groups is 1. The van der Waals surface area contributed by atoms with Crippen LogP contribution in [0.4, 0.5) is 5.13 Å². The third-order valence-electron chi connectivity index (χ3n) is 4.93. The Morgan fingerprint density at radius 3 is 2.94 bits per heavy atom. The van der Waals surface area contributed by atoms with Gasteiger partial charge in [-0.2, -0.15) is 0 Å². The molecule has 0 unspecified atom stereocenters. The van der Waals surface area contributed by atoms with Crippen LogP contribution in [-0.4, -0.2) is 27.5 Å². The number of rotatable bonds is 6. The topological polar surface area (TPSA) is 120 Å². The van der Waals surface area contributed by atoms with Gasteiger partial charge in [0.2, 0.25) is 0 Å². The minimum absolute atomic E-state index is 0.127. The fraction of sp³-hybridized carbons (Fsp3) is 0.0909. The van der Waals surface area contributed by atoms with Crippen LogP contribution in [0.3, 0.4) is 0 Å². The number of nitrogens with one attached hydrogen (secondary N) is 1. The maximum atomic E-state index is 12.4.